The van der Waals surface area contributed by atoms with Crippen molar-refractivity contribution in [3.63, 3.8) is 0 Å². The predicted octanol–water partition coefficient (Wildman–Crippen LogP) is 2.56. The molecule has 6 heteroatoms. The van der Waals surface area contributed by atoms with Crippen molar-refractivity contribution < 1.29 is 19.1 Å². The van der Waals surface area contributed by atoms with E-state index in [2.05, 4.69) is 0 Å². The molecule has 0 spiro atoms. The Morgan fingerprint density at radius 1 is 1.21 bits per heavy atom. The molecule has 24 heavy (non-hydrogen) atoms. The first-order chi connectivity index (χ1) is 11.3. The van der Waals surface area contributed by atoms with Crippen LogP contribution in [-0.4, -0.2) is 29.9 Å². The van der Waals surface area contributed by atoms with Crippen molar-refractivity contribution in [2.75, 3.05) is 6.61 Å². The van der Waals surface area contributed by atoms with Crippen LogP contribution in [-0.2, 0) is 14.3 Å². The van der Waals surface area contributed by atoms with Gasteiger partial charge in [-0.25, -0.2) is 0 Å². The van der Waals surface area contributed by atoms with E-state index in [0.717, 1.165) is 11.1 Å². The van der Waals surface area contributed by atoms with E-state index in [1.54, 1.807) is 18.2 Å². The number of ether oxygens (including phenoxy) is 1. The summed E-state index contributed by atoms with van der Waals surface area (Å²) >= 11 is 0. The smallest absolute Gasteiger partial charge is 0.306 e. The minimum atomic E-state index is -1.20. The number of nitriles is 1. The number of carbonyl (C=O) groups excluding carboxylic acids is 3. The normalized spacial score (nSPS) is 11.2. The molecule has 0 aliphatic carbocycles. The van der Waals surface area contributed by atoms with Crippen LogP contribution in [0.4, 0.5) is 0 Å². The zero-order valence-electron chi connectivity index (χ0n) is 14.0. The molecule has 6 nitrogen and oxygen atoms in total. The van der Waals surface area contributed by atoms with Gasteiger partial charge in [0.25, 0.3) is 0 Å². The Balaban J connectivity index is 2.47. The number of Topliss-reactive ketones (excluding diaryl/α,β-unsaturated/α-hetero) is 2. The number of aryl methyl sites for hydroxylation is 2. The number of hydrogen-bond acceptors (Lipinski definition) is 6. The molecule has 1 aromatic rings. The average molecular weight is 328 g/mol. The lowest BCUT2D eigenvalue weighted by Gasteiger charge is -2.08. The number of esters is 1. The highest BCUT2D eigenvalue weighted by molar-refractivity contribution is 6.06. The van der Waals surface area contributed by atoms with E-state index < -0.39 is 24.3 Å². The number of benzene rings is 1. The van der Waals surface area contributed by atoms with E-state index in [4.69, 9.17) is 15.4 Å². The molecule has 1 rings (SSSR count). The van der Waals surface area contributed by atoms with Gasteiger partial charge in [0.2, 0.25) is 0 Å². The van der Waals surface area contributed by atoms with Gasteiger partial charge in [0.15, 0.2) is 18.2 Å². The second-order valence-electron chi connectivity index (χ2n) is 5.59. The lowest BCUT2D eigenvalue weighted by atomic mass is 10.0. The number of nitrogens with zero attached hydrogens (tertiary/aromatic N) is 1. The van der Waals surface area contributed by atoms with E-state index in [1.165, 1.54) is 6.92 Å². The van der Waals surface area contributed by atoms with Gasteiger partial charge < -0.3 is 10.1 Å². The Labute approximate surface area is 140 Å². The molecule has 0 bridgehead atoms. The minimum Gasteiger partial charge on any atom is -0.458 e. The van der Waals surface area contributed by atoms with Crippen LogP contribution in [0.25, 0.3) is 0 Å². The van der Waals surface area contributed by atoms with Crippen molar-refractivity contribution >= 4 is 23.2 Å². The zero-order valence-corrected chi connectivity index (χ0v) is 14.0. The Bertz CT molecular complexity index is 716. The molecule has 0 radical (unpaired) electrons. The van der Waals surface area contributed by atoms with Crippen molar-refractivity contribution in [1.29, 1.82) is 10.7 Å². The highest BCUT2D eigenvalue weighted by Gasteiger charge is 2.21. The van der Waals surface area contributed by atoms with Crippen LogP contribution in [0.2, 0.25) is 0 Å². The zero-order chi connectivity index (χ0) is 18.3. The molecule has 0 fully saturated rings. The molecule has 0 amide bonds. The summed E-state index contributed by atoms with van der Waals surface area (Å²) in [5.41, 5.74) is 2.52. The highest BCUT2D eigenvalue weighted by atomic mass is 16.5. The van der Waals surface area contributed by atoms with Gasteiger partial charge in [-0.1, -0.05) is 12.1 Å². The number of rotatable bonds is 8. The lowest BCUT2D eigenvalue weighted by molar-refractivity contribution is -0.148. The van der Waals surface area contributed by atoms with Crippen LogP contribution in [0, 0.1) is 36.5 Å². The van der Waals surface area contributed by atoms with Gasteiger partial charge in [-0.3, -0.25) is 14.4 Å². The molecule has 1 aromatic carbocycles. The Hall–Kier alpha value is -2.81. The molecular formula is C18H20N2O4. The number of carbonyl (C=O) groups is 3. The molecule has 0 aliphatic heterocycles. The van der Waals surface area contributed by atoms with E-state index in [-0.39, 0.29) is 24.3 Å². The van der Waals surface area contributed by atoms with Gasteiger partial charge >= 0.3 is 5.97 Å². The van der Waals surface area contributed by atoms with Crippen LogP contribution >= 0.6 is 0 Å². The molecule has 0 heterocycles. The summed E-state index contributed by atoms with van der Waals surface area (Å²) in [5, 5.41) is 16.1. The van der Waals surface area contributed by atoms with Crippen LogP contribution < -0.4 is 0 Å². The third-order valence-corrected chi connectivity index (χ3v) is 3.64. The van der Waals surface area contributed by atoms with Gasteiger partial charge in [0.05, 0.1) is 12.5 Å². The first-order valence-corrected chi connectivity index (χ1v) is 7.49. The summed E-state index contributed by atoms with van der Waals surface area (Å²) < 4.78 is 4.78. The summed E-state index contributed by atoms with van der Waals surface area (Å²) in [5.74, 6) is -2.69. The second-order valence-corrected chi connectivity index (χ2v) is 5.59. The standard InChI is InChI=1S/C18H20N2O4/c1-11-4-5-14(8-12(11)2)16(21)6-7-18(23)24-10-17(22)15(9-19)13(3)20/h4-5,8,15,20H,6-7,10H2,1-3H3/t15-/m0/s1. The van der Waals surface area contributed by atoms with Crippen molar-refractivity contribution in [3.8, 4) is 6.07 Å². The summed E-state index contributed by atoms with van der Waals surface area (Å²) in [6.45, 7) is 4.63. The van der Waals surface area contributed by atoms with Crippen molar-refractivity contribution in [2.24, 2.45) is 5.92 Å². The van der Waals surface area contributed by atoms with E-state index in [0.29, 0.717) is 5.56 Å². The van der Waals surface area contributed by atoms with Gasteiger partial charge in [0.1, 0.15) is 5.92 Å². The topological polar surface area (TPSA) is 108 Å². The first kappa shape index (κ1) is 19.2. The lowest BCUT2D eigenvalue weighted by Crippen LogP contribution is -2.25. The van der Waals surface area contributed by atoms with Gasteiger partial charge in [-0.15, -0.1) is 0 Å². The monoisotopic (exact) mass is 328 g/mol. The molecule has 0 aliphatic rings. The van der Waals surface area contributed by atoms with Gasteiger partial charge in [-0.2, -0.15) is 5.26 Å². The van der Waals surface area contributed by atoms with E-state index in [9.17, 15) is 14.4 Å². The van der Waals surface area contributed by atoms with Crippen molar-refractivity contribution in [2.45, 2.75) is 33.6 Å². The van der Waals surface area contributed by atoms with Crippen LogP contribution in [0.15, 0.2) is 18.2 Å². The Morgan fingerprint density at radius 2 is 1.88 bits per heavy atom. The SMILES string of the molecule is CC(=N)[C@H](C#N)C(=O)COC(=O)CCC(=O)c1ccc(C)c(C)c1. The number of nitrogens with one attached hydrogen (secondary N) is 1. The minimum absolute atomic E-state index is 0.0131. The summed E-state index contributed by atoms with van der Waals surface area (Å²) in [4.78, 5) is 35.3. The Morgan fingerprint density at radius 3 is 2.42 bits per heavy atom. The largest absolute Gasteiger partial charge is 0.458 e. The molecular weight excluding hydrogens is 308 g/mol. The van der Waals surface area contributed by atoms with E-state index in [1.807, 2.05) is 19.9 Å². The van der Waals surface area contributed by atoms with Crippen molar-refractivity contribution in [1.82, 2.24) is 0 Å². The first-order valence-electron chi connectivity index (χ1n) is 7.49. The molecule has 0 saturated carbocycles. The maximum atomic E-state index is 12.0. The molecule has 0 aromatic heterocycles. The fraction of sp³-hybridized carbons (Fsp3) is 0.389. The van der Waals surface area contributed by atoms with Gasteiger partial charge in [0, 0.05) is 17.7 Å². The molecule has 1 atom stereocenters. The number of ketones is 2. The van der Waals surface area contributed by atoms with Crippen LogP contribution in [0.1, 0.15) is 41.3 Å². The fourth-order valence-corrected chi connectivity index (χ4v) is 1.99. The third-order valence-electron chi connectivity index (χ3n) is 3.64. The average Bonchev–Trinajstić information content (AvgIpc) is 2.53. The molecule has 0 unspecified atom stereocenters. The van der Waals surface area contributed by atoms with Crippen molar-refractivity contribution in [3.05, 3.63) is 34.9 Å². The highest BCUT2D eigenvalue weighted by Crippen LogP contribution is 2.12. The summed E-state index contributed by atoms with van der Waals surface area (Å²) in [6, 6.07) is 7.02. The van der Waals surface area contributed by atoms with Crippen LogP contribution in [0.3, 0.4) is 0 Å². The summed E-state index contributed by atoms with van der Waals surface area (Å²) in [7, 11) is 0. The quantitative estimate of drug-likeness (QED) is 0.448. The molecule has 1 N–H and O–H groups in total. The summed E-state index contributed by atoms with van der Waals surface area (Å²) in [6.07, 6.45) is -0.152. The molecule has 0 saturated heterocycles. The van der Waals surface area contributed by atoms with Gasteiger partial charge in [-0.05, 0) is 38.0 Å². The second kappa shape index (κ2) is 8.73. The third kappa shape index (κ3) is 5.43. The fourth-order valence-electron chi connectivity index (χ4n) is 1.99. The maximum absolute atomic E-state index is 12.0. The van der Waals surface area contributed by atoms with E-state index >= 15 is 0 Å². The molecule has 126 valence electrons. The predicted molar refractivity (Wildman–Crippen MR) is 88.0 cm³/mol. The Kier molecular flexibility index (Phi) is 6.99. The number of hydrogen-bond donors (Lipinski definition) is 1. The van der Waals surface area contributed by atoms with Crippen LogP contribution in [0.5, 0.6) is 0 Å². The maximum Gasteiger partial charge on any atom is 0.306 e.